The second-order valence-electron chi connectivity index (χ2n) is 9.93. The molecular formula is C28H34N6O2. The first-order chi connectivity index (χ1) is 17.5. The number of morpholine rings is 1. The number of fused-ring (bicyclic) bond motifs is 1. The van der Waals surface area contributed by atoms with Gasteiger partial charge in [0.05, 0.1) is 35.6 Å². The van der Waals surface area contributed by atoms with E-state index in [1.807, 2.05) is 37.3 Å². The maximum Gasteiger partial charge on any atom is 0.101 e. The molecule has 36 heavy (non-hydrogen) atoms. The molecule has 8 nitrogen and oxygen atoms in total. The van der Waals surface area contributed by atoms with E-state index < -0.39 is 0 Å². The summed E-state index contributed by atoms with van der Waals surface area (Å²) in [7, 11) is 0. The highest BCUT2D eigenvalue weighted by molar-refractivity contribution is 5.95. The largest absolute Gasteiger partial charge is 0.390 e. The minimum Gasteiger partial charge on any atom is -0.390 e. The van der Waals surface area contributed by atoms with Crippen molar-refractivity contribution in [2.24, 2.45) is 0 Å². The average Bonchev–Trinajstić information content (AvgIpc) is 2.90. The van der Waals surface area contributed by atoms with Crippen LogP contribution in [0.3, 0.4) is 0 Å². The standard InChI is InChI=1S/C28H34N6O2/c1-19-11-24(12-23(18-35)32-19)33-10-4-5-22(16-33)31-14-25-17-34(15-20(2)36-25)27-8-7-21(13-29)28-26(27)6-3-9-30-28/h3,6-9,11-12,20,22,25,31,35H,4-5,10,14-18H2,1-2H3/t20-,22-,25-/m1/s1. The topological polar surface area (TPSA) is 97.5 Å². The van der Waals surface area contributed by atoms with Gasteiger partial charge >= 0.3 is 0 Å². The number of aromatic nitrogens is 2. The maximum absolute atomic E-state index is 9.55. The van der Waals surface area contributed by atoms with Crippen molar-refractivity contribution in [1.29, 1.82) is 5.26 Å². The number of anilines is 2. The first kappa shape index (κ1) is 24.4. The molecule has 188 valence electrons. The number of benzene rings is 1. The summed E-state index contributed by atoms with van der Waals surface area (Å²) in [4.78, 5) is 13.6. The van der Waals surface area contributed by atoms with Crippen LogP contribution in [0.2, 0.25) is 0 Å². The molecule has 2 fully saturated rings. The van der Waals surface area contributed by atoms with Crippen LogP contribution in [0.4, 0.5) is 11.4 Å². The number of nitrogens with one attached hydrogen (secondary N) is 1. The summed E-state index contributed by atoms with van der Waals surface area (Å²) in [5.74, 6) is 0. The van der Waals surface area contributed by atoms with E-state index in [4.69, 9.17) is 4.74 Å². The van der Waals surface area contributed by atoms with Crippen LogP contribution >= 0.6 is 0 Å². The number of rotatable bonds is 6. The molecular weight excluding hydrogens is 452 g/mol. The van der Waals surface area contributed by atoms with Crippen LogP contribution in [-0.2, 0) is 11.3 Å². The lowest BCUT2D eigenvalue weighted by molar-refractivity contribution is -0.0159. The van der Waals surface area contributed by atoms with E-state index in [-0.39, 0.29) is 18.8 Å². The highest BCUT2D eigenvalue weighted by Gasteiger charge is 2.28. The van der Waals surface area contributed by atoms with Crippen LogP contribution in [0.5, 0.6) is 0 Å². The summed E-state index contributed by atoms with van der Waals surface area (Å²) in [6.07, 6.45) is 4.16. The third-order valence-electron chi connectivity index (χ3n) is 7.11. The lowest BCUT2D eigenvalue weighted by Gasteiger charge is -2.40. The molecule has 0 saturated carbocycles. The molecule has 0 bridgehead atoms. The summed E-state index contributed by atoms with van der Waals surface area (Å²) < 4.78 is 6.32. The Morgan fingerprint density at radius 2 is 2.08 bits per heavy atom. The van der Waals surface area contributed by atoms with E-state index in [9.17, 15) is 10.4 Å². The average molecular weight is 487 g/mol. The van der Waals surface area contributed by atoms with Crippen molar-refractivity contribution in [1.82, 2.24) is 15.3 Å². The minimum atomic E-state index is -0.0392. The van der Waals surface area contributed by atoms with E-state index in [2.05, 4.69) is 44.1 Å². The Balaban J connectivity index is 1.25. The van der Waals surface area contributed by atoms with Crippen molar-refractivity contribution in [2.75, 3.05) is 42.5 Å². The summed E-state index contributed by atoms with van der Waals surface area (Å²) >= 11 is 0. The summed E-state index contributed by atoms with van der Waals surface area (Å²) in [5.41, 5.74) is 5.24. The van der Waals surface area contributed by atoms with Gasteiger partial charge in [-0.3, -0.25) is 9.97 Å². The molecule has 3 atom stereocenters. The minimum absolute atomic E-state index is 0.0392. The fraction of sp³-hybridized carbons (Fsp3) is 0.464. The molecule has 3 aromatic rings. The number of ether oxygens (including phenoxy) is 1. The first-order valence-electron chi connectivity index (χ1n) is 12.8. The maximum atomic E-state index is 9.55. The highest BCUT2D eigenvalue weighted by Crippen LogP contribution is 2.30. The number of piperidine rings is 1. The van der Waals surface area contributed by atoms with Gasteiger partial charge in [-0.15, -0.1) is 0 Å². The van der Waals surface area contributed by atoms with Crippen molar-refractivity contribution in [3.8, 4) is 6.07 Å². The molecule has 0 unspecified atom stereocenters. The molecule has 0 aliphatic carbocycles. The Hall–Kier alpha value is -3.25. The highest BCUT2D eigenvalue weighted by atomic mass is 16.5. The van der Waals surface area contributed by atoms with Gasteiger partial charge in [0.15, 0.2) is 0 Å². The van der Waals surface area contributed by atoms with Crippen molar-refractivity contribution in [3.05, 3.63) is 59.5 Å². The van der Waals surface area contributed by atoms with Gasteiger partial charge in [-0.25, -0.2) is 0 Å². The number of aryl methyl sites for hydroxylation is 1. The zero-order chi connectivity index (χ0) is 25.1. The van der Waals surface area contributed by atoms with Crippen LogP contribution < -0.4 is 15.1 Å². The van der Waals surface area contributed by atoms with Gasteiger partial charge in [0.1, 0.15) is 6.07 Å². The molecule has 4 heterocycles. The molecule has 2 aliphatic heterocycles. The zero-order valence-electron chi connectivity index (χ0n) is 21.0. The monoisotopic (exact) mass is 486 g/mol. The fourth-order valence-electron chi connectivity index (χ4n) is 5.54. The van der Waals surface area contributed by atoms with Gasteiger partial charge in [-0.05, 0) is 63.1 Å². The Bertz CT molecular complexity index is 1260. The van der Waals surface area contributed by atoms with Crippen LogP contribution in [0.1, 0.15) is 36.7 Å². The van der Waals surface area contributed by atoms with E-state index in [1.165, 1.54) is 0 Å². The number of pyridine rings is 2. The first-order valence-corrected chi connectivity index (χ1v) is 12.8. The second kappa shape index (κ2) is 10.8. The molecule has 2 N–H and O–H groups in total. The number of nitriles is 1. The van der Waals surface area contributed by atoms with Crippen LogP contribution in [0.15, 0.2) is 42.6 Å². The van der Waals surface area contributed by atoms with Crippen molar-refractivity contribution < 1.29 is 9.84 Å². The Morgan fingerprint density at radius 1 is 1.19 bits per heavy atom. The Labute approximate surface area is 212 Å². The van der Waals surface area contributed by atoms with Crippen molar-refractivity contribution in [2.45, 2.75) is 51.5 Å². The van der Waals surface area contributed by atoms with Gasteiger partial charge in [-0.1, -0.05) is 0 Å². The summed E-state index contributed by atoms with van der Waals surface area (Å²) in [6.45, 7) is 8.36. The lowest BCUT2D eigenvalue weighted by Crippen LogP contribution is -2.53. The van der Waals surface area contributed by atoms with Crippen LogP contribution in [0, 0.1) is 18.3 Å². The molecule has 0 amide bonds. The third kappa shape index (κ3) is 5.29. The fourth-order valence-corrected chi connectivity index (χ4v) is 5.54. The molecule has 0 spiro atoms. The summed E-state index contributed by atoms with van der Waals surface area (Å²) in [5, 5.41) is 23.8. The number of hydrogen-bond donors (Lipinski definition) is 2. The SMILES string of the molecule is Cc1cc(N2CCC[C@@H](NC[C@@H]3CN(c4ccc(C#N)c5ncccc45)C[C@@H](C)O3)C2)cc(CO)n1. The zero-order valence-corrected chi connectivity index (χ0v) is 21.0. The number of aliphatic hydroxyl groups is 1. The number of hydrogen-bond acceptors (Lipinski definition) is 8. The lowest BCUT2D eigenvalue weighted by atomic mass is 10.0. The van der Waals surface area contributed by atoms with Crippen molar-refractivity contribution in [3.63, 3.8) is 0 Å². The van der Waals surface area contributed by atoms with Gasteiger partial charge in [0.2, 0.25) is 0 Å². The Kier molecular flexibility index (Phi) is 7.33. The molecule has 8 heteroatoms. The smallest absolute Gasteiger partial charge is 0.101 e. The molecule has 5 rings (SSSR count). The normalized spacial score (nSPS) is 22.6. The predicted octanol–water partition coefficient (Wildman–Crippen LogP) is 3.15. The van der Waals surface area contributed by atoms with Crippen LogP contribution in [-0.4, -0.2) is 66.0 Å². The molecule has 1 aromatic carbocycles. The van der Waals surface area contributed by atoms with E-state index in [0.29, 0.717) is 11.6 Å². The summed E-state index contributed by atoms with van der Waals surface area (Å²) in [6, 6.07) is 14.6. The molecule has 0 radical (unpaired) electrons. The quantitative estimate of drug-likeness (QED) is 0.549. The van der Waals surface area contributed by atoms with Gasteiger partial charge < -0.3 is 25.0 Å². The molecule has 2 aliphatic rings. The van der Waals surface area contributed by atoms with Gasteiger partial charge in [0.25, 0.3) is 0 Å². The number of aliphatic hydroxyl groups excluding tert-OH is 1. The predicted molar refractivity (Wildman–Crippen MR) is 141 cm³/mol. The van der Waals surface area contributed by atoms with Crippen LogP contribution in [0.25, 0.3) is 10.9 Å². The van der Waals surface area contributed by atoms with Gasteiger partial charge in [-0.2, -0.15) is 5.26 Å². The molecule has 2 saturated heterocycles. The third-order valence-corrected chi connectivity index (χ3v) is 7.11. The number of nitrogens with zero attached hydrogens (tertiary/aromatic N) is 5. The van der Waals surface area contributed by atoms with E-state index >= 15 is 0 Å². The van der Waals surface area contributed by atoms with E-state index in [0.717, 1.165) is 79.2 Å². The molecule has 2 aromatic heterocycles. The second-order valence-corrected chi connectivity index (χ2v) is 9.93. The van der Waals surface area contributed by atoms with E-state index in [1.54, 1.807) is 6.20 Å². The Morgan fingerprint density at radius 3 is 2.92 bits per heavy atom. The van der Waals surface area contributed by atoms with Gasteiger partial charge in [0, 0.05) is 67.4 Å². The van der Waals surface area contributed by atoms with Crippen molar-refractivity contribution >= 4 is 22.3 Å².